The number of aliphatic hydroxyl groups excluding tert-OH is 1. The van der Waals surface area contributed by atoms with Gasteiger partial charge in [-0.05, 0) is 99.2 Å². The second-order valence-electron chi connectivity index (χ2n) is 12.6. The Hall–Kier alpha value is -0.740. The molecule has 3 saturated carbocycles. The second kappa shape index (κ2) is 7.99. The van der Waals surface area contributed by atoms with E-state index in [0.717, 1.165) is 17.8 Å². The van der Waals surface area contributed by atoms with Crippen LogP contribution in [-0.2, 0) is 0 Å². The molecule has 8 atom stereocenters. The fourth-order valence-corrected chi connectivity index (χ4v) is 8.16. The maximum Gasteiger partial charge on any atom is 0.0470 e. The van der Waals surface area contributed by atoms with Crippen LogP contribution in [-0.4, -0.2) is 11.7 Å². The van der Waals surface area contributed by atoms with E-state index in [1.165, 1.54) is 57.8 Å². The molecular formula is C29H46O. The molecule has 4 aliphatic rings. The van der Waals surface area contributed by atoms with Crippen LogP contribution < -0.4 is 0 Å². The normalized spacial score (nSPS) is 42.7. The Labute approximate surface area is 186 Å². The summed E-state index contributed by atoms with van der Waals surface area (Å²) in [5, 5.41) is 9.58. The molecule has 1 heteroatoms. The molecule has 1 N–H and O–H groups in total. The zero-order valence-electron chi connectivity index (χ0n) is 20.6. The third-order valence-corrected chi connectivity index (χ3v) is 10.8. The van der Waals surface area contributed by atoms with Crippen molar-refractivity contribution in [2.24, 2.45) is 51.8 Å². The molecule has 3 fully saturated rings. The van der Waals surface area contributed by atoms with E-state index >= 15 is 0 Å². The van der Waals surface area contributed by atoms with Gasteiger partial charge in [0.1, 0.15) is 0 Å². The minimum atomic E-state index is -0.115. The summed E-state index contributed by atoms with van der Waals surface area (Å²) in [6.07, 6.45) is 15.5. The van der Waals surface area contributed by atoms with E-state index in [1.807, 2.05) is 5.57 Å². The fourth-order valence-electron chi connectivity index (χ4n) is 8.16. The fraction of sp³-hybridized carbons (Fsp3) is 0.862. The van der Waals surface area contributed by atoms with Crippen molar-refractivity contribution in [3.8, 4) is 11.8 Å². The quantitative estimate of drug-likeness (QED) is 0.384. The van der Waals surface area contributed by atoms with Gasteiger partial charge in [0.25, 0.3) is 0 Å². The lowest BCUT2D eigenvalue weighted by Gasteiger charge is -2.57. The predicted octanol–water partition coefficient (Wildman–Crippen LogP) is 7.25. The van der Waals surface area contributed by atoms with Crippen molar-refractivity contribution < 1.29 is 5.11 Å². The first kappa shape index (κ1) is 22.5. The summed E-state index contributed by atoms with van der Waals surface area (Å²) in [5.74, 6) is 11.2. The van der Waals surface area contributed by atoms with Crippen LogP contribution in [0.1, 0.15) is 99.3 Å². The Kier molecular flexibility index (Phi) is 5.98. The van der Waals surface area contributed by atoms with Gasteiger partial charge in [0.15, 0.2) is 0 Å². The number of rotatable bonds is 3. The lowest BCUT2D eigenvalue weighted by Crippen LogP contribution is -2.48. The van der Waals surface area contributed by atoms with Crippen LogP contribution in [0.2, 0.25) is 0 Å². The summed E-state index contributed by atoms with van der Waals surface area (Å²) in [6.45, 7) is 14.4. The summed E-state index contributed by atoms with van der Waals surface area (Å²) in [5.41, 5.74) is 2.77. The monoisotopic (exact) mass is 410 g/mol. The van der Waals surface area contributed by atoms with Crippen LogP contribution in [0.25, 0.3) is 0 Å². The summed E-state index contributed by atoms with van der Waals surface area (Å²) in [4.78, 5) is 0. The molecule has 0 heterocycles. The molecule has 0 radical (unpaired) electrons. The first-order valence-electron chi connectivity index (χ1n) is 13.0. The summed E-state index contributed by atoms with van der Waals surface area (Å²) in [6, 6.07) is 0. The molecule has 0 aromatic rings. The molecule has 0 aromatic carbocycles. The van der Waals surface area contributed by atoms with Crippen LogP contribution in [0.5, 0.6) is 0 Å². The van der Waals surface area contributed by atoms with E-state index < -0.39 is 0 Å². The number of hydrogen-bond acceptors (Lipinski definition) is 1. The standard InChI is InChI=1S/C29H46O/c1-20(14-17-27(3,4)21(2)19-30)24-12-13-25-23-11-10-22-9-7-8-16-28(22,5)26(23)15-18-29(24,25)6/h11,20-22,24-26,30H,7-10,12-13,15-16,18-19H2,1-6H3/t20-,21?,22?,24-,25+,26+,28+,29-/m1/s1. The third kappa shape index (κ3) is 3.50. The van der Waals surface area contributed by atoms with Crippen LogP contribution in [0, 0.1) is 63.6 Å². The highest BCUT2D eigenvalue weighted by Gasteiger charge is 2.57. The van der Waals surface area contributed by atoms with Crippen LogP contribution in [0.15, 0.2) is 11.6 Å². The minimum Gasteiger partial charge on any atom is -0.396 e. The topological polar surface area (TPSA) is 20.2 Å². The Morgan fingerprint density at radius 3 is 2.50 bits per heavy atom. The molecule has 4 aliphatic carbocycles. The second-order valence-corrected chi connectivity index (χ2v) is 12.6. The number of aliphatic hydroxyl groups is 1. The van der Waals surface area contributed by atoms with Gasteiger partial charge in [0.2, 0.25) is 0 Å². The van der Waals surface area contributed by atoms with E-state index in [9.17, 15) is 5.11 Å². The Morgan fingerprint density at radius 1 is 1.03 bits per heavy atom. The summed E-state index contributed by atoms with van der Waals surface area (Å²) in [7, 11) is 0. The molecule has 0 aromatic heterocycles. The van der Waals surface area contributed by atoms with Gasteiger partial charge in [0.05, 0.1) is 0 Å². The van der Waals surface area contributed by atoms with Gasteiger partial charge in [-0.15, -0.1) is 0 Å². The van der Waals surface area contributed by atoms with Gasteiger partial charge in [0, 0.05) is 17.9 Å². The smallest absolute Gasteiger partial charge is 0.0470 e. The lowest BCUT2D eigenvalue weighted by molar-refractivity contribution is -0.00438. The highest BCUT2D eigenvalue weighted by molar-refractivity contribution is 5.28. The Balaban J connectivity index is 1.55. The molecular weight excluding hydrogens is 364 g/mol. The molecule has 0 saturated heterocycles. The number of allylic oxidation sites excluding steroid dienone is 2. The first-order valence-corrected chi connectivity index (χ1v) is 13.0. The lowest BCUT2D eigenvalue weighted by atomic mass is 9.48. The minimum absolute atomic E-state index is 0.115. The molecule has 2 unspecified atom stereocenters. The highest BCUT2D eigenvalue weighted by Crippen LogP contribution is 2.66. The molecule has 0 amide bonds. The first-order chi connectivity index (χ1) is 14.1. The van der Waals surface area contributed by atoms with Crippen molar-refractivity contribution in [1.82, 2.24) is 0 Å². The molecule has 4 rings (SSSR count). The molecule has 0 bridgehead atoms. The van der Waals surface area contributed by atoms with Crippen molar-refractivity contribution in [2.45, 2.75) is 99.3 Å². The Bertz CT molecular complexity index is 735. The molecule has 30 heavy (non-hydrogen) atoms. The van der Waals surface area contributed by atoms with Crippen molar-refractivity contribution in [3.63, 3.8) is 0 Å². The van der Waals surface area contributed by atoms with Crippen molar-refractivity contribution in [3.05, 3.63) is 11.6 Å². The molecule has 0 spiro atoms. The third-order valence-electron chi connectivity index (χ3n) is 10.8. The summed E-state index contributed by atoms with van der Waals surface area (Å²) >= 11 is 0. The van der Waals surface area contributed by atoms with Gasteiger partial charge >= 0.3 is 0 Å². The van der Waals surface area contributed by atoms with Crippen LogP contribution in [0.3, 0.4) is 0 Å². The van der Waals surface area contributed by atoms with Crippen LogP contribution in [0.4, 0.5) is 0 Å². The van der Waals surface area contributed by atoms with Gasteiger partial charge in [-0.25, -0.2) is 0 Å². The highest BCUT2D eigenvalue weighted by atomic mass is 16.3. The summed E-state index contributed by atoms with van der Waals surface area (Å²) < 4.78 is 0. The van der Waals surface area contributed by atoms with Gasteiger partial charge < -0.3 is 5.11 Å². The van der Waals surface area contributed by atoms with Gasteiger partial charge in [-0.1, -0.05) is 64.0 Å². The molecule has 0 aliphatic heterocycles. The maximum atomic E-state index is 9.58. The molecule has 1 nitrogen and oxygen atoms in total. The van der Waals surface area contributed by atoms with E-state index in [2.05, 4.69) is 59.5 Å². The number of hydrogen-bond donors (Lipinski definition) is 1. The van der Waals surface area contributed by atoms with Crippen molar-refractivity contribution in [2.75, 3.05) is 6.61 Å². The largest absolute Gasteiger partial charge is 0.396 e. The van der Waals surface area contributed by atoms with E-state index in [-0.39, 0.29) is 17.9 Å². The van der Waals surface area contributed by atoms with Gasteiger partial charge in [-0.2, -0.15) is 0 Å². The average Bonchev–Trinajstić information content (AvgIpc) is 3.08. The van der Waals surface area contributed by atoms with E-state index in [4.69, 9.17) is 0 Å². The SMILES string of the molecule is CC(CO)C(C)(C)C#C[C@@H](C)[C@H]1CC[C@H]2C3=CCC4CCCC[C@]4(C)[C@H]3CC[C@]12C. The zero-order chi connectivity index (χ0) is 21.7. The number of fused-ring (bicyclic) bond motifs is 5. The van der Waals surface area contributed by atoms with Crippen molar-refractivity contribution in [1.29, 1.82) is 0 Å². The maximum absolute atomic E-state index is 9.58. The zero-order valence-corrected chi connectivity index (χ0v) is 20.6. The van der Waals surface area contributed by atoms with Crippen molar-refractivity contribution >= 4 is 0 Å². The van der Waals surface area contributed by atoms with E-state index in [1.54, 1.807) is 0 Å². The van der Waals surface area contributed by atoms with Gasteiger partial charge in [-0.3, -0.25) is 0 Å². The van der Waals surface area contributed by atoms with Crippen LogP contribution >= 0.6 is 0 Å². The Morgan fingerprint density at radius 2 is 1.77 bits per heavy atom. The average molecular weight is 411 g/mol. The predicted molar refractivity (Wildman–Crippen MR) is 127 cm³/mol. The molecule has 168 valence electrons. The van der Waals surface area contributed by atoms with E-state index in [0.29, 0.717) is 22.7 Å².